The van der Waals surface area contributed by atoms with Gasteiger partial charge in [-0.2, -0.15) is 0 Å². The fourth-order valence-corrected chi connectivity index (χ4v) is 2.29. The van der Waals surface area contributed by atoms with Gasteiger partial charge in [0.25, 0.3) is 0 Å². The molecular weight excluding hydrogens is 258 g/mol. The van der Waals surface area contributed by atoms with E-state index in [-0.39, 0.29) is 0 Å². The molecule has 1 atom stereocenters. The van der Waals surface area contributed by atoms with Crippen molar-refractivity contribution in [3.05, 3.63) is 22.8 Å². The van der Waals surface area contributed by atoms with Crippen molar-refractivity contribution in [2.75, 3.05) is 18.5 Å². The zero-order chi connectivity index (χ0) is 14.4. The van der Waals surface area contributed by atoms with Crippen LogP contribution in [-0.4, -0.2) is 24.6 Å². The molecule has 19 heavy (non-hydrogen) atoms. The predicted molar refractivity (Wildman–Crippen MR) is 83.9 cm³/mol. The van der Waals surface area contributed by atoms with Crippen LogP contribution in [-0.2, 0) is 6.54 Å². The third kappa shape index (κ3) is 5.00. The van der Waals surface area contributed by atoms with Gasteiger partial charge in [-0.25, -0.2) is 4.98 Å². The molecule has 1 N–H and O–H groups in total. The molecule has 0 aliphatic carbocycles. The molecule has 1 aromatic heterocycles. The zero-order valence-electron chi connectivity index (χ0n) is 12.7. The van der Waals surface area contributed by atoms with Gasteiger partial charge in [0.15, 0.2) is 0 Å². The maximum Gasteiger partial charge on any atom is 0.128 e. The number of halogens is 1. The van der Waals surface area contributed by atoms with Gasteiger partial charge in [0.2, 0.25) is 0 Å². The normalized spacial score (nSPS) is 12.8. The lowest BCUT2D eigenvalue weighted by molar-refractivity contribution is 0.502. The average Bonchev–Trinajstić information content (AvgIpc) is 2.36. The molecular formula is C15H26ClN3. The molecule has 108 valence electrons. The number of aromatic nitrogens is 1. The number of hydrogen-bond acceptors (Lipinski definition) is 3. The standard InChI is InChI=1S/C15H26ClN3/c1-6-17-9-13-8-15(18-10-14(13)16)19(5)12(4)7-11(2)3/h8,10-12,17H,6-7,9H2,1-5H3. The fraction of sp³-hybridized carbons (Fsp3) is 0.667. The van der Waals surface area contributed by atoms with Gasteiger partial charge in [0.05, 0.1) is 5.02 Å². The largest absolute Gasteiger partial charge is 0.357 e. The van der Waals surface area contributed by atoms with E-state index in [9.17, 15) is 0 Å². The Bertz CT molecular complexity index is 393. The van der Waals surface area contributed by atoms with E-state index in [1.807, 2.05) is 0 Å². The minimum absolute atomic E-state index is 0.473. The van der Waals surface area contributed by atoms with Gasteiger partial charge in [-0.1, -0.05) is 32.4 Å². The predicted octanol–water partition coefficient (Wildman–Crippen LogP) is 3.72. The Hall–Kier alpha value is -0.800. The van der Waals surface area contributed by atoms with Crippen LogP contribution in [0.3, 0.4) is 0 Å². The molecule has 1 rings (SSSR count). The first-order valence-electron chi connectivity index (χ1n) is 7.03. The molecule has 0 aromatic carbocycles. The highest BCUT2D eigenvalue weighted by molar-refractivity contribution is 6.31. The molecule has 1 aromatic rings. The Morgan fingerprint density at radius 1 is 1.37 bits per heavy atom. The smallest absolute Gasteiger partial charge is 0.128 e. The second-order valence-corrected chi connectivity index (χ2v) is 5.91. The van der Waals surface area contributed by atoms with Crippen molar-refractivity contribution in [1.29, 1.82) is 0 Å². The molecule has 0 radical (unpaired) electrons. The molecule has 0 fully saturated rings. The molecule has 0 saturated heterocycles. The number of nitrogens with zero attached hydrogens (tertiary/aromatic N) is 2. The SMILES string of the molecule is CCNCc1cc(N(C)C(C)CC(C)C)ncc1Cl. The molecule has 0 amide bonds. The van der Waals surface area contributed by atoms with E-state index in [1.165, 1.54) is 0 Å². The second-order valence-electron chi connectivity index (χ2n) is 5.50. The number of anilines is 1. The summed E-state index contributed by atoms with van der Waals surface area (Å²) in [4.78, 5) is 6.67. The van der Waals surface area contributed by atoms with Gasteiger partial charge in [0.1, 0.15) is 5.82 Å². The molecule has 4 heteroatoms. The van der Waals surface area contributed by atoms with E-state index in [0.717, 1.165) is 35.9 Å². The van der Waals surface area contributed by atoms with E-state index in [1.54, 1.807) is 6.20 Å². The summed E-state index contributed by atoms with van der Waals surface area (Å²) in [5.74, 6) is 1.68. The van der Waals surface area contributed by atoms with Gasteiger partial charge >= 0.3 is 0 Å². The van der Waals surface area contributed by atoms with Crippen LogP contribution >= 0.6 is 11.6 Å². The Balaban J connectivity index is 2.82. The Morgan fingerprint density at radius 3 is 2.63 bits per heavy atom. The van der Waals surface area contributed by atoms with Gasteiger partial charge in [0, 0.05) is 25.8 Å². The van der Waals surface area contributed by atoms with E-state index >= 15 is 0 Å². The summed E-state index contributed by atoms with van der Waals surface area (Å²) in [6.07, 6.45) is 2.91. The molecule has 0 aliphatic heterocycles. The molecule has 0 saturated carbocycles. The van der Waals surface area contributed by atoms with E-state index in [2.05, 4.69) is 56.0 Å². The van der Waals surface area contributed by atoms with E-state index in [0.29, 0.717) is 12.0 Å². The first-order chi connectivity index (χ1) is 8.95. The van der Waals surface area contributed by atoms with Gasteiger partial charge in [-0.05, 0) is 37.4 Å². The lowest BCUT2D eigenvalue weighted by Gasteiger charge is -2.27. The molecule has 0 bridgehead atoms. The van der Waals surface area contributed by atoms with Crippen molar-refractivity contribution in [1.82, 2.24) is 10.3 Å². The highest BCUT2D eigenvalue weighted by Crippen LogP contribution is 2.22. The summed E-state index contributed by atoms with van der Waals surface area (Å²) in [5.41, 5.74) is 1.11. The summed E-state index contributed by atoms with van der Waals surface area (Å²) < 4.78 is 0. The van der Waals surface area contributed by atoms with E-state index in [4.69, 9.17) is 11.6 Å². The Labute approximate surface area is 122 Å². The summed E-state index contributed by atoms with van der Waals surface area (Å²) >= 11 is 6.18. The zero-order valence-corrected chi connectivity index (χ0v) is 13.5. The quantitative estimate of drug-likeness (QED) is 0.827. The first-order valence-corrected chi connectivity index (χ1v) is 7.41. The third-order valence-electron chi connectivity index (χ3n) is 3.32. The summed E-state index contributed by atoms with van der Waals surface area (Å²) in [6, 6.07) is 2.56. The van der Waals surface area contributed by atoms with Crippen LogP contribution in [0.2, 0.25) is 5.02 Å². The number of rotatable bonds is 7. The highest BCUT2D eigenvalue weighted by Gasteiger charge is 2.14. The van der Waals surface area contributed by atoms with Crippen LogP contribution in [0.1, 0.15) is 39.7 Å². The minimum Gasteiger partial charge on any atom is -0.357 e. The minimum atomic E-state index is 0.473. The summed E-state index contributed by atoms with van der Waals surface area (Å²) in [5, 5.41) is 4.03. The van der Waals surface area contributed by atoms with Crippen LogP contribution < -0.4 is 10.2 Å². The Kier molecular flexibility index (Phi) is 6.59. The van der Waals surface area contributed by atoms with Crippen molar-refractivity contribution in [2.45, 2.75) is 46.7 Å². The van der Waals surface area contributed by atoms with Gasteiger partial charge < -0.3 is 10.2 Å². The summed E-state index contributed by atoms with van der Waals surface area (Å²) in [6.45, 7) is 10.5. The molecule has 0 aliphatic rings. The Morgan fingerprint density at radius 2 is 2.05 bits per heavy atom. The van der Waals surface area contributed by atoms with Gasteiger partial charge in [-0.15, -0.1) is 0 Å². The van der Waals surface area contributed by atoms with E-state index < -0.39 is 0 Å². The molecule has 3 nitrogen and oxygen atoms in total. The maximum absolute atomic E-state index is 6.18. The molecule has 0 spiro atoms. The lowest BCUT2D eigenvalue weighted by atomic mass is 10.0. The number of pyridine rings is 1. The van der Waals surface area contributed by atoms with Crippen LogP contribution in [0.15, 0.2) is 12.3 Å². The van der Waals surface area contributed by atoms with Crippen molar-refractivity contribution in [2.24, 2.45) is 5.92 Å². The molecule has 1 unspecified atom stereocenters. The van der Waals surface area contributed by atoms with Gasteiger partial charge in [-0.3, -0.25) is 0 Å². The monoisotopic (exact) mass is 283 g/mol. The van der Waals surface area contributed by atoms with Crippen molar-refractivity contribution in [3.63, 3.8) is 0 Å². The van der Waals surface area contributed by atoms with Crippen LogP contribution in [0.25, 0.3) is 0 Å². The van der Waals surface area contributed by atoms with Crippen LogP contribution in [0, 0.1) is 5.92 Å². The fourth-order valence-electron chi connectivity index (χ4n) is 2.12. The van der Waals surface area contributed by atoms with Crippen molar-refractivity contribution in [3.8, 4) is 0 Å². The topological polar surface area (TPSA) is 28.2 Å². The number of hydrogen-bond donors (Lipinski definition) is 1. The van der Waals surface area contributed by atoms with Crippen LogP contribution in [0.4, 0.5) is 5.82 Å². The summed E-state index contributed by atoms with van der Waals surface area (Å²) in [7, 11) is 2.10. The molecule has 1 heterocycles. The average molecular weight is 284 g/mol. The second kappa shape index (κ2) is 7.71. The van der Waals surface area contributed by atoms with Crippen molar-refractivity contribution < 1.29 is 0 Å². The lowest BCUT2D eigenvalue weighted by Crippen LogP contribution is -2.31. The van der Waals surface area contributed by atoms with Crippen LogP contribution in [0.5, 0.6) is 0 Å². The highest BCUT2D eigenvalue weighted by atomic mass is 35.5. The third-order valence-corrected chi connectivity index (χ3v) is 3.66. The number of nitrogens with one attached hydrogen (secondary N) is 1. The maximum atomic E-state index is 6.18. The first kappa shape index (κ1) is 16.3. The van der Waals surface area contributed by atoms with Crippen molar-refractivity contribution >= 4 is 17.4 Å².